The minimum atomic E-state index is 0.262. The van der Waals surface area contributed by atoms with E-state index < -0.39 is 0 Å². The SMILES string of the molecule is CC(C)C(C)c1nnc(N)n1N. The molecule has 0 aliphatic heterocycles. The van der Waals surface area contributed by atoms with Crippen LogP contribution in [0.25, 0.3) is 0 Å². The molecule has 0 amide bonds. The maximum Gasteiger partial charge on any atom is 0.240 e. The van der Waals surface area contributed by atoms with Crippen LogP contribution in [0.5, 0.6) is 0 Å². The molecular weight excluding hydrogens is 154 g/mol. The van der Waals surface area contributed by atoms with Gasteiger partial charge in [-0.2, -0.15) is 0 Å². The Morgan fingerprint density at radius 3 is 2.17 bits per heavy atom. The monoisotopic (exact) mass is 169 g/mol. The lowest BCUT2D eigenvalue weighted by molar-refractivity contribution is 0.500. The van der Waals surface area contributed by atoms with Gasteiger partial charge in [0, 0.05) is 5.92 Å². The average molecular weight is 169 g/mol. The summed E-state index contributed by atoms with van der Waals surface area (Å²) in [5.74, 6) is 7.37. The first-order chi connectivity index (χ1) is 5.54. The number of rotatable bonds is 2. The predicted molar refractivity (Wildman–Crippen MR) is 47.8 cm³/mol. The highest BCUT2D eigenvalue weighted by atomic mass is 15.4. The first kappa shape index (κ1) is 8.83. The molecule has 1 rings (SSSR count). The summed E-state index contributed by atoms with van der Waals surface area (Å²) in [4.78, 5) is 0. The Bertz CT molecular complexity index is 265. The fourth-order valence-corrected chi connectivity index (χ4v) is 0.925. The van der Waals surface area contributed by atoms with Gasteiger partial charge in [0.25, 0.3) is 0 Å². The topological polar surface area (TPSA) is 82.8 Å². The van der Waals surface area contributed by atoms with Crippen molar-refractivity contribution < 1.29 is 0 Å². The molecule has 4 N–H and O–H groups in total. The lowest BCUT2D eigenvalue weighted by Gasteiger charge is -2.13. The molecule has 1 heterocycles. The molecular formula is C7H15N5. The predicted octanol–water partition coefficient (Wildman–Crippen LogP) is 0.334. The van der Waals surface area contributed by atoms with Crippen LogP contribution in [0.15, 0.2) is 0 Å². The van der Waals surface area contributed by atoms with Gasteiger partial charge < -0.3 is 11.6 Å². The van der Waals surface area contributed by atoms with Crippen LogP contribution in [0.1, 0.15) is 32.5 Å². The summed E-state index contributed by atoms with van der Waals surface area (Å²) in [5, 5.41) is 7.58. The number of aromatic nitrogens is 3. The Kier molecular flexibility index (Phi) is 2.21. The Morgan fingerprint density at radius 1 is 1.25 bits per heavy atom. The summed E-state index contributed by atoms with van der Waals surface area (Å²) >= 11 is 0. The summed E-state index contributed by atoms with van der Waals surface area (Å²) < 4.78 is 1.34. The average Bonchev–Trinajstić information content (AvgIpc) is 2.32. The Hall–Kier alpha value is -1.26. The van der Waals surface area contributed by atoms with Gasteiger partial charge >= 0.3 is 0 Å². The van der Waals surface area contributed by atoms with E-state index in [2.05, 4.69) is 31.0 Å². The molecule has 1 aromatic heterocycles. The van der Waals surface area contributed by atoms with Crippen molar-refractivity contribution in [2.75, 3.05) is 11.6 Å². The zero-order chi connectivity index (χ0) is 9.30. The van der Waals surface area contributed by atoms with Crippen LogP contribution >= 0.6 is 0 Å². The molecule has 5 nitrogen and oxygen atoms in total. The maximum atomic E-state index is 5.61. The molecule has 1 atom stereocenters. The van der Waals surface area contributed by atoms with E-state index in [0.29, 0.717) is 5.92 Å². The Balaban J connectivity index is 2.95. The van der Waals surface area contributed by atoms with Gasteiger partial charge in [-0.25, -0.2) is 4.68 Å². The van der Waals surface area contributed by atoms with Crippen LogP contribution in [-0.2, 0) is 0 Å². The minimum Gasteiger partial charge on any atom is -0.366 e. The smallest absolute Gasteiger partial charge is 0.240 e. The van der Waals surface area contributed by atoms with Crippen LogP contribution in [-0.4, -0.2) is 14.9 Å². The Labute approximate surface area is 71.7 Å². The van der Waals surface area contributed by atoms with Crippen LogP contribution < -0.4 is 11.6 Å². The zero-order valence-electron chi connectivity index (χ0n) is 7.65. The molecule has 0 bridgehead atoms. The van der Waals surface area contributed by atoms with Gasteiger partial charge in [0.05, 0.1) is 0 Å². The van der Waals surface area contributed by atoms with E-state index in [-0.39, 0.29) is 11.9 Å². The third kappa shape index (κ3) is 1.34. The normalized spacial score (nSPS) is 13.7. The van der Waals surface area contributed by atoms with Crippen molar-refractivity contribution in [3.05, 3.63) is 5.82 Å². The largest absolute Gasteiger partial charge is 0.366 e. The number of anilines is 1. The van der Waals surface area contributed by atoms with Crippen LogP contribution in [0, 0.1) is 5.92 Å². The Morgan fingerprint density at radius 2 is 1.83 bits per heavy atom. The fraction of sp³-hybridized carbons (Fsp3) is 0.714. The molecule has 12 heavy (non-hydrogen) atoms. The van der Waals surface area contributed by atoms with Crippen LogP contribution in [0.2, 0.25) is 0 Å². The van der Waals surface area contributed by atoms with Gasteiger partial charge in [-0.15, -0.1) is 10.2 Å². The second-order valence-corrected chi connectivity index (χ2v) is 3.32. The summed E-state index contributed by atoms with van der Waals surface area (Å²) in [6.07, 6.45) is 0. The molecule has 0 fully saturated rings. The molecule has 5 heteroatoms. The number of nitrogens with two attached hydrogens (primary N) is 2. The minimum absolute atomic E-state index is 0.262. The van der Waals surface area contributed by atoms with Crippen molar-refractivity contribution in [2.24, 2.45) is 5.92 Å². The number of hydrogen-bond donors (Lipinski definition) is 2. The molecule has 1 aromatic rings. The lowest BCUT2D eigenvalue weighted by Crippen LogP contribution is -2.19. The van der Waals surface area contributed by atoms with E-state index in [9.17, 15) is 0 Å². The molecule has 68 valence electrons. The first-order valence-corrected chi connectivity index (χ1v) is 4.00. The van der Waals surface area contributed by atoms with Crippen LogP contribution in [0.4, 0.5) is 5.95 Å². The number of nitrogen functional groups attached to an aromatic ring is 2. The molecule has 0 saturated carbocycles. The molecule has 0 aliphatic carbocycles. The van der Waals surface area contributed by atoms with Crippen molar-refractivity contribution >= 4 is 5.95 Å². The summed E-state index contributed by atoms with van der Waals surface area (Å²) in [6.45, 7) is 6.27. The van der Waals surface area contributed by atoms with E-state index in [1.165, 1.54) is 4.68 Å². The van der Waals surface area contributed by atoms with E-state index in [4.69, 9.17) is 11.6 Å². The lowest BCUT2D eigenvalue weighted by atomic mass is 9.98. The van der Waals surface area contributed by atoms with Gasteiger partial charge in [0.1, 0.15) is 0 Å². The van der Waals surface area contributed by atoms with E-state index in [1.54, 1.807) is 0 Å². The molecule has 1 unspecified atom stereocenters. The third-order valence-corrected chi connectivity index (χ3v) is 2.16. The van der Waals surface area contributed by atoms with Gasteiger partial charge in [0.15, 0.2) is 5.82 Å². The highest BCUT2D eigenvalue weighted by Gasteiger charge is 2.17. The van der Waals surface area contributed by atoms with Crippen LogP contribution in [0.3, 0.4) is 0 Å². The van der Waals surface area contributed by atoms with Crippen molar-refractivity contribution in [1.29, 1.82) is 0 Å². The van der Waals surface area contributed by atoms with E-state index in [0.717, 1.165) is 5.82 Å². The van der Waals surface area contributed by atoms with Gasteiger partial charge in [-0.3, -0.25) is 0 Å². The third-order valence-electron chi connectivity index (χ3n) is 2.16. The fourth-order valence-electron chi connectivity index (χ4n) is 0.925. The van der Waals surface area contributed by atoms with Crippen molar-refractivity contribution in [3.8, 4) is 0 Å². The quantitative estimate of drug-likeness (QED) is 0.625. The molecule has 0 spiro atoms. The van der Waals surface area contributed by atoms with Gasteiger partial charge in [-0.05, 0) is 5.92 Å². The standard InChI is InChI=1S/C7H15N5/c1-4(2)5(3)6-10-11-7(8)12(6)9/h4-5H,9H2,1-3H3,(H2,8,11). The number of hydrogen-bond acceptors (Lipinski definition) is 4. The summed E-state index contributed by atoms with van der Waals surface area (Å²) in [5.41, 5.74) is 5.44. The molecule has 0 radical (unpaired) electrons. The van der Waals surface area contributed by atoms with Crippen molar-refractivity contribution in [3.63, 3.8) is 0 Å². The highest BCUT2D eigenvalue weighted by Crippen LogP contribution is 2.21. The van der Waals surface area contributed by atoms with E-state index in [1.807, 2.05) is 0 Å². The van der Waals surface area contributed by atoms with Crippen molar-refractivity contribution in [2.45, 2.75) is 26.7 Å². The maximum absolute atomic E-state index is 5.61. The highest BCUT2D eigenvalue weighted by molar-refractivity contribution is 5.18. The summed E-state index contributed by atoms with van der Waals surface area (Å²) in [6, 6.07) is 0. The molecule has 0 saturated heterocycles. The second kappa shape index (κ2) is 3.00. The second-order valence-electron chi connectivity index (χ2n) is 3.32. The summed E-state index contributed by atoms with van der Waals surface area (Å²) in [7, 11) is 0. The van der Waals surface area contributed by atoms with E-state index >= 15 is 0 Å². The molecule has 0 aliphatic rings. The zero-order valence-corrected chi connectivity index (χ0v) is 7.65. The van der Waals surface area contributed by atoms with Gasteiger partial charge in [-0.1, -0.05) is 20.8 Å². The molecule has 0 aromatic carbocycles. The van der Waals surface area contributed by atoms with Crippen molar-refractivity contribution in [1.82, 2.24) is 14.9 Å². The first-order valence-electron chi connectivity index (χ1n) is 4.00. The van der Waals surface area contributed by atoms with Gasteiger partial charge in [0.2, 0.25) is 5.95 Å². The number of nitrogens with zero attached hydrogens (tertiary/aromatic N) is 3.